The molecule has 3 fully saturated rings. The van der Waals surface area contributed by atoms with Gasteiger partial charge in [-0.15, -0.1) is 0 Å². The molecule has 3 N–H and O–H groups in total. The molecule has 1 heterocycles. The maximum atomic E-state index is 14.5. The van der Waals surface area contributed by atoms with E-state index in [1.54, 1.807) is 31.0 Å². The van der Waals surface area contributed by atoms with Gasteiger partial charge in [-0.3, -0.25) is 4.79 Å². The lowest BCUT2D eigenvalue weighted by molar-refractivity contribution is -0.191. The van der Waals surface area contributed by atoms with Gasteiger partial charge in [0.1, 0.15) is 11.7 Å². The molecule has 1 spiro atoms. The van der Waals surface area contributed by atoms with Crippen LogP contribution >= 0.6 is 0 Å². The van der Waals surface area contributed by atoms with E-state index in [-0.39, 0.29) is 46.7 Å². The van der Waals surface area contributed by atoms with Crippen molar-refractivity contribution in [1.29, 1.82) is 0 Å². The van der Waals surface area contributed by atoms with Crippen molar-refractivity contribution in [3.05, 3.63) is 23.3 Å². The Hall–Kier alpha value is -2.43. The molecule has 1 aliphatic heterocycles. The minimum absolute atomic E-state index is 0.0518. The van der Waals surface area contributed by atoms with E-state index < -0.39 is 47.4 Å². The fourth-order valence-corrected chi connectivity index (χ4v) is 8.69. The summed E-state index contributed by atoms with van der Waals surface area (Å²) in [5, 5.41) is 34.6. The SMILES string of the molecule is CC1=C[C@]23C(=O)[C@@H](C=C(CO)[C@@H](O)[C@]2(O)[C@H]1OC(=O)N(C)C1CCN(C(=O)OC(C)(C)C)CC1)[C@H]1[C@@H](C[C@H]3C)C1(C)C. The van der Waals surface area contributed by atoms with Crippen LogP contribution in [0.4, 0.5) is 9.59 Å². The lowest BCUT2D eigenvalue weighted by Gasteiger charge is -2.49. The van der Waals surface area contributed by atoms with Crippen molar-refractivity contribution < 1.29 is 39.2 Å². The van der Waals surface area contributed by atoms with Crippen LogP contribution in [0.5, 0.6) is 0 Å². The third-order valence-electron chi connectivity index (χ3n) is 11.1. The highest BCUT2D eigenvalue weighted by Crippen LogP contribution is 2.71. The zero-order valence-electron chi connectivity index (χ0n) is 26.2. The van der Waals surface area contributed by atoms with E-state index in [1.807, 2.05) is 27.7 Å². The summed E-state index contributed by atoms with van der Waals surface area (Å²) in [7, 11) is 1.62. The number of rotatable bonds is 3. The molecule has 1 saturated heterocycles. The second kappa shape index (κ2) is 10.1. The molecule has 0 unspecified atom stereocenters. The lowest BCUT2D eigenvalue weighted by atomic mass is 9.59. The van der Waals surface area contributed by atoms with Gasteiger partial charge in [-0.2, -0.15) is 0 Å². The Balaban J connectivity index is 1.38. The molecule has 5 rings (SSSR count). The maximum Gasteiger partial charge on any atom is 0.410 e. The molecule has 2 bridgehead atoms. The van der Waals surface area contributed by atoms with E-state index in [0.29, 0.717) is 37.9 Å². The minimum Gasteiger partial charge on any atom is -0.444 e. The number of aliphatic hydroxyl groups excluding tert-OH is 2. The van der Waals surface area contributed by atoms with Gasteiger partial charge >= 0.3 is 12.2 Å². The third-order valence-corrected chi connectivity index (χ3v) is 11.1. The number of fused-ring (bicyclic) bond motifs is 3. The number of allylic oxidation sites excluding steroid dienone is 1. The van der Waals surface area contributed by atoms with Crippen LogP contribution in [-0.2, 0) is 14.3 Å². The summed E-state index contributed by atoms with van der Waals surface area (Å²) in [6.07, 6.45) is 1.18. The minimum atomic E-state index is -2.17. The Labute approximate surface area is 248 Å². The number of ether oxygens (including phenoxy) is 2. The summed E-state index contributed by atoms with van der Waals surface area (Å²) >= 11 is 0. The van der Waals surface area contributed by atoms with E-state index in [2.05, 4.69) is 13.8 Å². The zero-order chi connectivity index (χ0) is 31.2. The molecule has 2 saturated carbocycles. The number of carbonyl (C=O) groups is 3. The first kappa shape index (κ1) is 31.0. The molecule has 2 amide bonds. The Bertz CT molecular complexity index is 1210. The number of hydrogen-bond donors (Lipinski definition) is 3. The first-order chi connectivity index (χ1) is 19.4. The second-order valence-corrected chi connectivity index (χ2v) is 14.9. The van der Waals surface area contributed by atoms with Gasteiger partial charge in [-0.25, -0.2) is 9.59 Å². The Kier molecular flexibility index (Phi) is 7.43. The van der Waals surface area contributed by atoms with E-state index >= 15 is 0 Å². The van der Waals surface area contributed by atoms with Gasteiger partial charge < -0.3 is 34.6 Å². The fourth-order valence-electron chi connectivity index (χ4n) is 8.69. The molecule has 0 aromatic carbocycles. The highest BCUT2D eigenvalue weighted by Gasteiger charge is 2.76. The molecule has 0 aromatic rings. The summed E-state index contributed by atoms with van der Waals surface area (Å²) in [5.74, 6) is -0.750. The lowest BCUT2D eigenvalue weighted by Crippen LogP contribution is -2.66. The van der Waals surface area contributed by atoms with Crippen LogP contribution in [0.1, 0.15) is 67.7 Å². The molecular formula is C32H48N2O8. The highest BCUT2D eigenvalue weighted by atomic mass is 16.6. The molecule has 0 radical (unpaired) electrons. The monoisotopic (exact) mass is 588 g/mol. The van der Waals surface area contributed by atoms with Crippen molar-refractivity contribution in [2.24, 2.45) is 34.5 Å². The smallest absolute Gasteiger partial charge is 0.410 e. The molecule has 10 heteroatoms. The number of amides is 2. The molecule has 0 aromatic heterocycles. The van der Waals surface area contributed by atoms with Crippen molar-refractivity contribution in [3.8, 4) is 0 Å². The van der Waals surface area contributed by atoms with Gasteiger partial charge in [0, 0.05) is 32.1 Å². The molecule has 5 aliphatic rings. The fraction of sp³-hybridized carbons (Fsp3) is 0.781. The van der Waals surface area contributed by atoms with Gasteiger partial charge in [0.2, 0.25) is 0 Å². The predicted molar refractivity (Wildman–Crippen MR) is 154 cm³/mol. The number of likely N-dealkylation sites (tertiary alicyclic amines) is 1. The number of aliphatic hydroxyl groups is 3. The normalized spacial score (nSPS) is 39.2. The number of hydrogen-bond acceptors (Lipinski definition) is 8. The Morgan fingerprint density at radius 3 is 2.38 bits per heavy atom. The molecule has 234 valence electrons. The van der Waals surface area contributed by atoms with Crippen molar-refractivity contribution in [1.82, 2.24) is 9.80 Å². The predicted octanol–water partition coefficient (Wildman–Crippen LogP) is 3.29. The van der Waals surface area contributed by atoms with Crippen molar-refractivity contribution in [3.63, 3.8) is 0 Å². The van der Waals surface area contributed by atoms with Gasteiger partial charge in [-0.1, -0.05) is 32.9 Å². The van der Waals surface area contributed by atoms with Crippen LogP contribution in [0.15, 0.2) is 23.3 Å². The largest absolute Gasteiger partial charge is 0.444 e. The summed E-state index contributed by atoms with van der Waals surface area (Å²) in [4.78, 5) is 43.7. The number of Topliss-reactive ketones (excluding diaryl/α,β-unsaturated/α-hetero) is 1. The van der Waals surface area contributed by atoms with E-state index in [1.165, 1.54) is 4.90 Å². The first-order valence-electron chi connectivity index (χ1n) is 15.3. The number of piperidine rings is 1. The van der Waals surface area contributed by atoms with Gasteiger partial charge in [0.15, 0.2) is 17.5 Å². The van der Waals surface area contributed by atoms with Crippen LogP contribution in [0.2, 0.25) is 0 Å². The maximum absolute atomic E-state index is 14.5. The van der Waals surface area contributed by atoms with Crippen LogP contribution in [0, 0.1) is 34.5 Å². The van der Waals surface area contributed by atoms with Crippen LogP contribution in [-0.4, -0.2) is 99.3 Å². The second-order valence-electron chi connectivity index (χ2n) is 14.9. The van der Waals surface area contributed by atoms with E-state index in [9.17, 15) is 29.7 Å². The zero-order valence-corrected chi connectivity index (χ0v) is 26.2. The number of carbonyl (C=O) groups excluding carboxylic acids is 3. The van der Waals surface area contributed by atoms with E-state index in [4.69, 9.17) is 9.47 Å². The van der Waals surface area contributed by atoms with Crippen LogP contribution in [0.3, 0.4) is 0 Å². The number of nitrogens with zero attached hydrogens (tertiary/aromatic N) is 2. The van der Waals surface area contributed by atoms with Crippen LogP contribution < -0.4 is 0 Å². The topological polar surface area (TPSA) is 137 Å². The molecule has 10 nitrogen and oxygen atoms in total. The average Bonchev–Trinajstić information content (AvgIpc) is 3.40. The first-order valence-corrected chi connectivity index (χ1v) is 15.3. The van der Waals surface area contributed by atoms with Gasteiger partial charge in [-0.05, 0) is 81.3 Å². The summed E-state index contributed by atoms with van der Waals surface area (Å²) < 4.78 is 11.5. The molecule has 42 heavy (non-hydrogen) atoms. The standard InChI is InChI=1S/C32H48N2O8/c1-17-15-31-18(2)13-22-23(30(22,6)7)21(25(31)37)14-19(16-35)24(36)32(31,40)26(17)41-27(38)33(8)20-9-11-34(12-10-20)28(39)42-29(3,4)5/h14-15,18,20-24,26,35-36,40H,9-13,16H2,1-8H3/t18-,21+,22-,23+,24-,26+,31+,32+/m1/s1. The Morgan fingerprint density at radius 2 is 1.81 bits per heavy atom. The quantitative estimate of drug-likeness (QED) is 0.428. The van der Waals surface area contributed by atoms with Crippen molar-refractivity contribution >= 4 is 18.0 Å². The average molecular weight is 589 g/mol. The molecule has 8 atom stereocenters. The van der Waals surface area contributed by atoms with Crippen LogP contribution in [0.25, 0.3) is 0 Å². The van der Waals surface area contributed by atoms with Crippen molar-refractivity contribution in [2.45, 2.75) is 97.2 Å². The van der Waals surface area contributed by atoms with E-state index in [0.717, 1.165) is 0 Å². The summed E-state index contributed by atoms with van der Waals surface area (Å²) in [6, 6.07) is -0.213. The molecular weight excluding hydrogens is 540 g/mol. The van der Waals surface area contributed by atoms with Crippen molar-refractivity contribution in [2.75, 3.05) is 26.7 Å². The highest BCUT2D eigenvalue weighted by molar-refractivity contribution is 5.95. The summed E-state index contributed by atoms with van der Waals surface area (Å²) in [6.45, 7) is 13.7. The third kappa shape index (κ3) is 4.42. The summed E-state index contributed by atoms with van der Waals surface area (Å²) in [5.41, 5.74) is -3.62. The number of ketones is 1. The molecule has 4 aliphatic carbocycles. The van der Waals surface area contributed by atoms with Gasteiger partial charge in [0.05, 0.1) is 12.0 Å². The van der Waals surface area contributed by atoms with Gasteiger partial charge in [0.25, 0.3) is 0 Å². The Morgan fingerprint density at radius 1 is 1.19 bits per heavy atom.